The van der Waals surface area contributed by atoms with Gasteiger partial charge in [-0.2, -0.15) is 0 Å². The molecule has 50 heavy (non-hydrogen) atoms. The summed E-state index contributed by atoms with van der Waals surface area (Å²) in [7, 11) is 0. The molecule has 1 aliphatic rings. The molecule has 0 amide bonds. The van der Waals surface area contributed by atoms with Crippen LogP contribution in [-0.4, -0.2) is 18.3 Å². The fourth-order valence-corrected chi connectivity index (χ4v) is 7.58. The zero-order valence-corrected chi connectivity index (χ0v) is 27.0. The van der Waals surface area contributed by atoms with Crippen LogP contribution in [0, 0.1) is 0 Å². The van der Waals surface area contributed by atoms with Gasteiger partial charge in [-0.25, -0.2) is 9.98 Å². The van der Waals surface area contributed by atoms with Crippen LogP contribution in [0.25, 0.3) is 65.4 Å². The third-order valence-corrected chi connectivity index (χ3v) is 9.92. The molecule has 0 atom stereocenters. The number of hydrogen-bond acceptors (Lipinski definition) is 3. The molecule has 9 aromatic rings. The first-order chi connectivity index (χ1) is 24.7. The number of rotatable bonds is 4. The Labute approximate surface area is 288 Å². The van der Waals surface area contributed by atoms with E-state index in [-0.39, 0.29) is 0 Å². The normalized spacial score (nSPS) is 13.2. The highest BCUT2D eigenvalue weighted by Crippen LogP contribution is 2.48. The van der Waals surface area contributed by atoms with Crippen molar-refractivity contribution in [2.45, 2.75) is 0 Å². The van der Waals surface area contributed by atoms with E-state index in [4.69, 9.17) is 20.1 Å². The maximum Gasteiger partial charge on any atom is 0.162 e. The Balaban J connectivity index is 1.20. The average Bonchev–Trinajstić information content (AvgIpc) is 3.55. The van der Waals surface area contributed by atoms with Gasteiger partial charge in [-0.1, -0.05) is 127 Å². The van der Waals surface area contributed by atoms with Gasteiger partial charge in [0.25, 0.3) is 0 Å². The molecule has 236 valence electrons. The second-order valence-electron chi connectivity index (χ2n) is 12.8. The molecule has 0 radical (unpaired) electrons. The van der Waals surface area contributed by atoms with Crippen molar-refractivity contribution in [3.8, 4) is 11.1 Å². The summed E-state index contributed by atoms with van der Waals surface area (Å²) in [5.41, 5.74) is 14.7. The predicted molar refractivity (Wildman–Crippen MR) is 209 cm³/mol. The van der Waals surface area contributed by atoms with E-state index in [0.717, 1.165) is 55.2 Å². The first-order valence-electron chi connectivity index (χ1n) is 16.8. The monoisotopic (exact) mass is 642 g/mol. The van der Waals surface area contributed by atoms with Gasteiger partial charge in [0.05, 0.1) is 16.9 Å². The van der Waals surface area contributed by atoms with Gasteiger partial charge in [0, 0.05) is 27.3 Å². The summed E-state index contributed by atoms with van der Waals surface area (Å²) in [5, 5.41) is 9.00. The minimum atomic E-state index is 0.317. The molecule has 1 aliphatic heterocycles. The maximum atomic E-state index is 6.92. The summed E-state index contributed by atoms with van der Waals surface area (Å²) < 4.78 is 6.51. The first kappa shape index (κ1) is 28.3. The SMILES string of the molecule is NC(=NC(=NCN1c2cc3ccccc3cc2-c2cccc3cccc1c23)c1cccc2c1oc1ccccc12)c1cccc2ccccc12. The number of nitrogens with zero attached hydrogens (tertiary/aromatic N) is 3. The van der Waals surface area contributed by atoms with Crippen molar-refractivity contribution in [1.82, 2.24) is 0 Å². The van der Waals surface area contributed by atoms with Gasteiger partial charge in [0.2, 0.25) is 0 Å². The van der Waals surface area contributed by atoms with Gasteiger partial charge < -0.3 is 15.1 Å². The fourth-order valence-electron chi connectivity index (χ4n) is 7.58. The van der Waals surface area contributed by atoms with Crippen LogP contribution in [0.4, 0.5) is 11.4 Å². The summed E-state index contributed by atoms with van der Waals surface area (Å²) in [6, 6.07) is 54.8. The lowest BCUT2D eigenvalue weighted by Crippen LogP contribution is -2.23. The minimum Gasteiger partial charge on any atom is -0.455 e. The van der Waals surface area contributed by atoms with Crippen LogP contribution in [0.5, 0.6) is 0 Å². The molecule has 2 N–H and O–H groups in total. The molecule has 1 aromatic heterocycles. The molecule has 0 aliphatic carbocycles. The number of aliphatic imine (C=N–C) groups is 2. The summed E-state index contributed by atoms with van der Waals surface area (Å²) >= 11 is 0. The molecule has 8 aromatic carbocycles. The molecule has 0 bridgehead atoms. The molecular formula is C45H30N4O. The summed E-state index contributed by atoms with van der Waals surface area (Å²) in [6.07, 6.45) is 0. The maximum absolute atomic E-state index is 6.92. The number of nitrogens with two attached hydrogens (primary N) is 1. The van der Waals surface area contributed by atoms with Gasteiger partial charge in [0.15, 0.2) is 5.84 Å². The number of fused-ring (bicyclic) bond motifs is 7. The van der Waals surface area contributed by atoms with Gasteiger partial charge in [-0.05, 0) is 62.8 Å². The summed E-state index contributed by atoms with van der Waals surface area (Å²) in [6.45, 7) is 0.317. The topological polar surface area (TPSA) is 67.1 Å². The molecule has 5 nitrogen and oxygen atoms in total. The van der Waals surface area contributed by atoms with E-state index in [1.54, 1.807) is 0 Å². The lowest BCUT2D eigenvalue weighted by atomic mass is 9.90. The van der Waals surface area contributed by atoms with Crippen molar-refractivity contribution in [2.24, 2.45) is 15.7 Å². The van der Waals surface area contributed by atoms with E-state index in [1.165, 1.54) is 32.7 Å². The fraction of sp³-hybridized carbons (Fsp3) is 0.0222. The van der Waals surface area contributed by atoms with E-state index in [0.29, 0.717) is 18.3 Å². The molecule has 0 saturated heterocycles. The van der Waals surface area contributed by atoms with Crippen molar-refractivity contribution in [3.63, 3.8) is 0 Å². The van der Waals surface area contributed by atoms with E-state index < -0.39 is 0 Å². The number of hydrogen-bond donors (Lipinski definition) is 1. The number of para-hydroxylation sites is 2. The molecule has 2 heterocycles. The van der Waals surface area contributed by atoms with Crippen molar-refractivity contribution in [1.29, 1.82) is 0 Å². The molecule has 0 unspecified atom stereocenters. The third kappa shape index (κ3) is 4.41. The van der Waals surface area contributed by atoms with Crippen LogP contribution in [0.2, 0.25) is 0 Å². The number of amidine groups is 2. The van der Waals surface area contributed by atoms with Crippen LogP contribution >= 0.6 is 0 Å². The van der Waals surface area contributed by atoms with Gasteiger partial charge in [-0.3, -0.25) is 0 Å². The Morgan fingerprint density at radius 1 is 0.540 bits per heavy atom. The Morgan fingerprint density at radius 2 is 1.18 bits per heavy atom. The smallest absolute Gasteiger partial charge is 0.162 e. The van der Waals surface area contributed by atoms with Crippen molar-refractivity contribution in [2.75, 3.05) is 11.6 Å². The largest absolute Gasteiger partial charge is 0.455 e. The van der Waals surface area contributed by atoms with E-state index >= 15 is 0 Å². The van der Waals surface area contributed by atoms with Crippen LogP contribution < -0.4 is 10.6 Å². The molecule has 10 rings (SSSR count). The standard InChI is InChI=1S/C45H30N4O/c46-44(36-21-7-14-28-11-3-4-17-32(28)36)48-45(37-22-10-20-35-33-18-5-6-24-41(33)50-43(35)37)47-27-49-39-23-9-16-29-15-8-19-34(42(29)39)38-25-30-12-1-2-13-31(30)26-40(38)49/h1-26H,27H2,(H2,46,47,48). The van der Waals surface area contributed by atoms with Gasteiger partial charge in [-0.15, -0.1) is 0 Å². The highest BCUT2D eigenvalue weighted by molar-refractivity contribution is 6.20. The molecule has 0 fully saturated rings. The van der Waals surface area contributed by atoms with Gasteiger partial charge >= 0.3 is 0 Å². The number of benzene rings is 8. The highest BCUT2D eigenvalue weighted by Gasteiger charge is 2.25. The lowest BCUT2D eigenvalue weighted by Gasteiger charge is -2.32. The number of anilines is 2. The zero-order chi connectivity index (χ0) is 33.2. The Kier molecular flexibility index (Phi) is 6.33. The second kappa shape index (κ2) is 11.2. The first-order valence-corrected chi connectivity index (χ1v) is 16.8. The van der Waals surface area contributed by atoms with Gasteiger partial charge in [0.1, 0.15) is 23.7 Å². The van der Waals surface area contributed by atoms with E-state index in [2.05, 4.69) is 108 Å². The van der Waals surface area contributed by atoms with Crippen LogP contribution in [0.3, 0.4) is 0 Å². The quantitative estimate of drug-likeness (QED) is 0.153. The van der Waals surface area contributed by atoms with E-state index in [1.807, 2.05) is 54.6 Å². The molecular weight excluding hydrogens is 613 g/mol. The third-order valence-electron chi connectivity index (χ3n) is 9.92. The van der Waals surface area contributed by atoms with E-state index in [9.17, 15) is 0 Å². The average molecular weight is 643 g/mol. The van der Waals surface area contributed by atoms with Crippen LogP contribution in [0.15, 0.2) is 172 Å². The highest BCUT2D eigenvalue weighted by atomic mass is 16.3. The second-order valence-corrected chi connectivity index (χ2v) is 12.8. The van der Waals surface area contributed by atoms with Crippen molar-refractivity contribution >= 4 is 77.3 Å². The molecule has 0 spiro atoms. The minimum absolute atomic E-state index is 0.317. The Bertz CT molecular complexity index is 2870. The van der Waals surface area contributed by atoms with Crippen LogP contribution in [0.1, 0.15) is 11.1 Å². The zero-order valence-electron chi connectivity index (χ0n) is 27.0. The number of furan rings is 1. The summed E-state index contributed by atoms with van der Waals surface area (Å²) in [5.74, 6) is 0.902. The van der Waals surface area contributed by atoms with Crippen molar-refractivity contribution in [3.05, 3.63) is 169 Å². The summed E-state index contributed by atoms with van der Waals surface area (Å²) in [4.78, 5) is 12.8. The molecule has 5 heteroatoms. The van der Waals surface area contributed by atoms with Crippen LogP contribution in [-0.2, 0) is 0 Å². The predicted octanol–water partition coefficient (Wildman–Crippen LogP) is 11.0. The Hall–Kier alpha value is -6.72. The van der Waals surface area contributed by atoms with Crippen molar-refractivity contribution < 1.29 is 4.42 Å². The lowest BCUT2D eigenvalue weighted by molar-refractivity contribution is 0.668. The molecule has 0 saturated carbocycles. The Morgan fingerprint density at radius 3 is 2.06 bits per heavy atom.